The van der Waals surface area contributed by atoms with Crippen molar-refractivity contribution in [1.82, 2.24) is 0 Å². The number of rotatable bonds is 1. The molecule has 2 unspecified atom stereocenters. The summed E-state index contributed by atoms with van der Waals surface area (Å²) in [6.45, 7) is 1.02. The Labute approximate surface area is 104 Å². The molecule has 2 aliphatic heterocycles. The summed E-state index contributed by atoms with van der Waals surface area (Å²) in [5.74, 6) is -1.35. The largest absolute Gasteiger partial charge is 0.371 e. The lowest BCUT2D eigenvalue weighted by atomic mass is 10.1. The van der Waals surface area contributed by atoms with Gasteiger partial charge in [-0.05, 0) is 25.0 Å². The number of benzene rings is 1. The Hall–Kier alpha value is -1.67. The van der Waals surface area contributed by atoms with E-state index in [0.717, 1.165) is 25.0 Å². The second-order valence-electron chi connectivity index (χ2n) is 4.76. The molecule has 94 valence electrons. The van der Waals surface area contributed by atoms with Crippen LogP contribution >= 0.6 is 0 Å². The number of nitrogens with zero attached hydrogens (tertiary/aromatic N) is 2. The molecule has 3 rings (SSSR count). The van der Waals surface area contributed by atoms with Gasteiger partial charge in [0.05, 0.1) is 23.8 Å². The topological polar surface area (TPSA) is 36.3 Å². The summed E-state index contributed by atoms with van der Waals surface area (Å²) in [6.07, 6.45) is 2.03. The zero-order valence-corrected chi connectivity index (χ0v) is 9.70. The summed E-state index contributed by atoms with van der Waals surface area (Å²) in [6, 6.07) is 3.90. The van der Waals surface area contributed by atoms with E-state index in [1.54, 1.807) is 11.0 Å². The van der Waals surface area contributed by atoms with E-state index in [1.807, 2.05) is 0 Å². The Morgan fingerprint density at radius 3 is 2.22 bits per heavy atom. The van der Waals surface area contributed by atoms with Crippen LogP contribution in [0.15, 0.2) is 12.1 Å². The molecular formula is C13H12F2N2O. The van der Waals surface area contributed by atoms with Gasteiger partial charge in [0.15, 0.2) is 11.6 Å². The van der Waals surface area contributed by atoms with E-state index in [-0.39, 0.29) is 23.5 Å². The van der Waals surface area contributed by atoms with Crippen molar-refractivity contribution < 1.29 is 13.5 Å². The zero-order valence-electron chi connectivity index (χ0n) is 9.70. The van der Waals surface area contributed by atoms with Gasteiger partial charge in [-0.25, -0.2) is 8.78 Å². The highest BCUT2D eigenvalue weighted by atomic mass is 19.1. The van der Waals surface area contributed by atoms with Crippen LogP contribution in [0.2, 0.25) is 0 Å². The highest BCUT2D eigenvalue weighted by Gasteiger charge is 2.35. The molecule has 0 aliphatic carbocycles. The second kappa shape index (κ2) is 4.21. The number of morpholine rings is 1. The fourth-order valence-corrected chi connectivity index (χ4v) is 2.73. The van der Waals surface area contributed by atoms with Crippen LogP contribution < -0.4 is 4.90 Å². The van der Waals surface area contributed by atoms with E-state index in [2.05, 4.69) is 0 Å². The zero-order chi connectivity index (χ0) is 12.7. The number of hydrogen-bond donors (Lipinski definition) is 0. The average molecular weight is 250 g/mol. The number of nitriles is 1. The molecule has 0 amide bonds. The lowest BCUT2D eigenvalue weighted by Gasteiger charge is -2.34. The molecule has 2 fully saturated rings. The number of hydrogen-bond acceptors (Lipinski definition) is 3. The molecule has 5 heteroatoms. The Kier molecular flexibility index (Phi) is 2.67. The minimum atomic E-state index is -0.673. The van der Waals surface area contributed by atoms with Crippen molar-refractivity contribution >= 4 is 5.69 Å². The minimum Gasteiger partial charge on any atom is -0.371 e. The van der Waals surface area contributed by atoms with Crippen molar-refractivity contribution in [2.75, 3.05) is 18.0 Å². The average Bonchev–Trinajstić information content (AvgIpc) is 2.67. The lowest BCUT2D eigenvalue weighted by Crippen LogP contribution is -2.43. The van der Waals surface area contributed by atoms with Crippen LogP contribution in [0.25, 0.3) is 0 Å². The van der Waals surface area contributed by atoms with Gasteiger partial charge in [-0.1, -0.05) is 0 Å². The van der Waals surface area contributed by atoms with Crippen LogP contribution in [0.1, 0.15) is 18.4 Å². The molecule has 2 atom stereocenters. The van der Waals surface area contributed by atoms with E-state index >= 15 is 0 Å². The van der Waals surface area contributed by atoms with E-state index in [4.69, 9.17) is 10.00 Å². The molecule has 0 aromatic heterocycles. The van der Waals surface area contributed by atoms with E-state index in [9.17, 15) is 8.78 Å². The van der Waals surface area contributed by atoms with Gasteiger partial charge in [0.25, 0.3) is 0 Å². The van der Waals surface area contributed by atoms with Crippen molar-refractivity contribution in [3.63, 3.8) is 0 Å². The molecule has 3 nitrogen and oxygen atoms in total. The van der Waals surface area contributed by atoms with E-state index < -0.39 is 11.6 Å². The molecular weight excluding hydrogens is 238 g/mol. The first-order chi connectivity index (χ1) is 8.67. The monoisotopic (exact) mass is 250 g/mol. The van der Waals surface area contributed by atoms with Gasteiger partial charge in [-0.2, -0.15) is 5.26 Å². The van der Waals surface area contributed by atoms with Crippen LogP contribution in [0.4, 0.5) is 14.5 Å². The first-order valence-electron chi connectivity index (χ1n) is 5.97. The van der Waals surface area contributed by atoms with Gasteiger partial charge in [0.2, 0.25) is 0 Å². The van der Waals surface area contributed by atoms with Gasteiger partial charge >= 0.3 is 0 Å². The van der Waals surface area contributed by atoms with Gasteiger partial charge in [0, 0.05) is 13.1 Å². The van der Waals surface area contributed by atoms with Crippen LogP contribution in [0.5, 0.6) is 0 Å². The third-order valence-corrected chi connectivity index (χ3v) is 3.51. The molecule has 18 heavy (non-hydrogen) atoms. The van der Waals surface area contributed by atoms with Crippen molar-refractivity contribution in [2.45, 2.75) is 25.0 Å². The highest BCUT2D eigenvalue weighted by molar-refractivity contribution is 5.53. The smallest absolute Gasteiger partial charge is 0.150 e. The van der Waals surface area contributed by atoms with Crippen molar-refractivity contribution in [3.05, 3.63) is 29.3 Å². The third-order valence-electron chi connectivity index (χ3n) is 3.51. The van der Waals surface area contributed by atoms with Crippen molar-refractivity contribution in [3.8, 4) is 6.07 Å². The number of fused-ring (bicyclic) bond motifs is 2. The summed E-state index contributed by atoms with van der Waals surface area (Å²) in [7, 11) is 0. The summed E-state index contributed by atoms with van der Waals surface area (Å²) < 4.78 is 33.4. The fraction of sp³-hybridized carbons (Fsp3) is 0.462. The van der Waals surface area contributed by atoms with Crippen LogP contribution in [-0.2, 0) is 4.74 Å². The predicted molar refractivity (Wildman–Crippen MR) is 61.2 cm³/mol. The maximum Gasteiger partial charge on any atom is 0.150 e. The van der Waals surface area contributed by atoms with Crippen LogP contribution in [0.3, 0.4) is 0 Å². The molecule has 0 N–H and O–H groups in total. The minimum absolute atomic E-state index is 0.00461. The van der Waals surface area contributed by atoms with Gasteiger partial charge < -0.3 is 9.64 Å². The number of halogens is 2. The molecule has 0 radical (unpaired) electrons. The fourth-order valence-electron chi connectivity index (χ4n) is 2.73. The van der Waals surface area contributed by atoms with Gasteiger partial charge in [-0.3, -0.25) is 0 Å². The van der Waals surface area contributed by atoms with E-state index in [1.165, 1.54) is 0 Å². The molecule has 0 spiro atoms. The quantitative estimate of drug-likeness (QED) is 0.766. The first kappa shape index (κ1) is 11.4. The van der Waals surface area contributed by atoms with Crippen LogP contribution in [-0.4, -0.2) is 25.3 Å². The Bertz CT molecular complexity index is 491. The normalized spacial score (nSPS) is 26.2. The van der Waals surface area contributed by atoms with Gasteiger partial charge in [-0.15, -0.1) is 0 Å². The predicted octanol–water partition coefficient (Wildman–Crippen LogP) is 2.20. The molecule has 2 aliphatic rings. The third kappa shape index (κ3) is 1.83. The molecule has 1 aromatic carbocycles. The Balaban J connectivity index is 1.95. The molecule has 1 aromatic rings. The maximum atomic E-state index is 13.9. The SMILES string of the molecule is N#Cc1cc(F)c(N2CC3CCC(C2)O3)c(F)c1. The highest BCUT2D eigenvalue weighted by Crippen LogP contribution is 2.32. The molecule has 2 saturated heterocycles. The lowest BCUT2D eigenvalue weighted by molar-refractivity contribution is 0.0300. The number of anilines is 1. The first-order valence-corrected chi connectivity index (χ1v) is 5.97. The standard InChI is InChI=1S/C13H12F2N2O/c14-11-3-8(5-16)4-12(15)13(11)17-6-9-1-2-10(7-17)18-9/h3-4,9-10H,1-2,6-7H2. The summed E-state index contributed by atoms with van der Waals surface area (Å²) in [4.78, 5) is 1.69. The van der Waals surface area contributed by atoms with Gasteiger partial charge in [0.1, 0.15) is 5.69 Å². The van der Waals surface area contributed by atoms with Crippen LogP contribution in [0, 0.1) is 23.0 Å². The van der Waals surface area contributed by atoms with Crippen molar-refractivity contribution in [2.24, 2.45) is 0 Å². The molecule has 0 saturated carbocycles. The second-order valence-corrected chi connectivity index (χ2v) is 4.76. The summed E-state index contributed by atoms with van der Waals surface area (Å²) in [5, 5.41) is 8.66. The maximum absolute atomic E-state index is 13.9. The number of ether oxygens (including phenoxy) is 1. The summed E-state index contributed by atoms with van der Waals surface area (Å²) in [5.41, 5.74) is -0.0285. The Morgan fingerprint density at radius 1 is 1.17 bits per heavy atom. The molecule has 2 bridgehead atoms. The summed E-state index contributed by atoms with van der Waals surface area (Å²) >= 11 is 0. The van der Waals surface area contributed by atoms with Crippen molar-refractivity contribution in [1.29, 1.82) is 5.26 Å². The molecule has 2 heterocycles. The van der Waals surface area contributed by atoms with E-state index in [0.29, 0.717) is 13.1 Å². The Morgan fingerprint density at radius 2 is 1.72 bits per heavy atom.